The van der Waals surface area contributed by atoms with Gasteiger partial charge in [0, 0.05) is 51.1 Å². The molecule has 5 rings (SSSR count). The number of anilines is 2. The Morgan fingerprint density at radius 1 is 1.29 bits per heavy atom. The van der Waals surface area contributed by atoms with E-state index in [4.69, 9.17) is 9.47 Å². The van der Waals surface area contributed by atoms with Gasteiger partial charge in [-0.3, -0.25) is 14.4 Å². The second kappa shape index (κ2) is 10.2. The fourth-order valence-corrected chi connectivity index (χ4v) is 5.42. The van der Waals surface area contributed by atoms with E-state index in [1.807, 2.05) is 23.1 Å². The van der Waals surface area contributed by atoms with E-state index in [2.05, 4.69) is 16.7 Å². The van der Waals surface area contributed by atoms with Crippen LogP contribution in [-0.2, 0) is 19.1 Å². The van der Waals surface area contributed by atoms with E-state index in [-0.39, 0.29) is 35.7 Å². The number of nitriles is 1. The van der Waals surface area contributed by atoms with Crippen molar-refractivity contribution in [2.45, 2.75) is 70.1 Å². The van der Waals surface area contributed by atoms with E-state index in [0.29, 0.717) is 63.4 Å². The van der Waals surface area contributed by atoms with Gasteiger partial charge in [0.1, 0.15) is 11.2 Å². The van der Waals surface area contributed by atoms with E-state index < -0.39 is 11.0 Å². The van der Waals surface area contributed by atoms with Crippen molar-refractivity contribution >= 4 is 29.1 Å². The van der Waals surface area contributed by atoms with Gasteiger partial charge in [0.05, 0.1) is 17.7 Å². The van der Waals surface area contributed by atoms with Crippen LogP contribution in [0.2, 0.25) is 0 Å². The molecule has 0 radical (unpaired) electrons. The van der Waals surface area contributed by atoms with Gasteiger partial charge in [-0.2, -0.15) is 5.26 Å². The van der Waals surface area contributed by atoms with Gasteiger partial charge in [0.15, 0.2) is 5.60 Å². The van der Waals surface area contributed by atoms with Crippen molar-refractivity contribution in [1.29, 1.82) is 5.26 Å². The Balaban J connectivity index is 1.35. The summed E-state index contributed by atoms with van der Waals surface area (Å²) in [6, 6.07) is 7.69. The molecular weight excluding hydrogens is 486 g/mol. The number of hydrogen-bond donors (Lipinski definition) is 2. The molecule has 1 aromatic carbocycles. The van der Waals surface area contributed by atoms with Crippen LogP contribution in [0, 0.1) is 22.7 Å². The van der Waals surface area contributed by atoms with E-state index in [1.54, 1.807) is 25.9 Å². The number of nitrogens with one attached hydrogen (secondary N) is 2. The van der Waals surface area contributed by atoms with Crippen LogP contribution < -0.4 is 25.2 Å². The van der Waals surface area contributed by atoms with Crippen LogP contribution in [0.15, 0.2) is 18.2 Å². The number of amides is 3. The zero-order valence-corrected chi connectivity index (χ0v) is 22.4. The van der Waals surface area contributed by atoms with E-state index in [0.717, 1.165) is 18.5 Å². The molecule has 1 saturated heterocycles. The number of benzene rings is 1. The largest absolute Gasteiger partial charge is 0.476 e. The molecule has 2 atom stereocenters. The monoisotopic (exact) mass is 523 g/mol. The SMILES string of the molecule is COCCCN1C(=O)C(C)(C)Oc2ccc(N(C(=O)[C@H]3CNCC(NC(=O)C4(C#N)CC4)C3)C3CC3)cc21. The van der Waals surface area contributed by atoms with Crippen LogP contribution >= 0.6 is 0 Å². The molecule has 4 aliphatic rings. The summed E-state index contributed by atoms with van der Waals surface area (Å²) in [6.45, 7) is 5.66. The van der Waals surface area contributed by atoms with E-state index in [1.165, 1.54) is 0 Å². The zero-order chi connectivity index (χ0) is 27.1. The molecule has 38 heavy (non-hydrogen) atoms. The third-order valence-electron chi connectivity index (χ3n) is 7.95. The number of methoxy groups -OCH3 is 1. The zero-order valence-electron chi connectivity index (χ0n) is 22.4. The highest BCUT2D eigenvalue weighted by Crippen LogP contribution is 2.45. The van der Waals surface area contributed by atoms with Crippen molar-refractivity contribution in [3.05, 3.63) is 18.2 Å². The van der Waals surface area contributed by atoms with Crippen LogP contribution in [0.25, 0.3) is 0 Å². The smallest absolute Gasteiger partial charge is 0.270 e. The first-order valence-corrected chi connectivity index (χ1v) is 13.6. The molecule has 2 aliphatic heterocycles. The fraction of sp³-hybridized carbons (Fsp3) is 0.643. The van der Waals surface area contributed by atoms with E-state index >= 15 is 0 Å². The third kappa shape index (κ3) is 5.09. The molecular formula is C28H37N5O5. The second-order valence-corrected chi connectivity index (χ2v) is 11.5. The molecule has 1 unspecified atom stereocenters. The lowest BCUT2D eigenvalue weighted by Crippen LogP contribution is -2.54. The molecule has 3 amide bonds. The molecule has 0 spiro atoms. The number of hydrogen-bond acceptors (Lipinski definition) is 7. The van der Waals surface area contributed by atoms with Gasteiger partial charge in [-0.05, 0) is 70.6 Å². The van der Waals surface area contributed by atoms with Gasteiger partial charge < -0.3 is 29.9 Å². The second-order valence-electron chi connectivity index (χ2n) is 11.5. The van der Waals surface area contributed by atoms with Crippen molar-refractivity contribution in [3.8, 4) is 11.8 Å². The fourth-order valence-electron chi connectivity index (χ4n) is 5.42. The normalized spacial score (nSPS) is 25.0. The summed E-state index contributed by atoms with van der Waals surface area (Å²) in [7, 11) is 1.64. The number of piperidine rings is 1. The topological polar surface area (TPSA) is 124 Å². The Bertz CT molecular complexity index is 1150. The lowest BCUT2D eigenvalue weighted by Gasteiger charge is -2.40. The molecule has 2 N–H and O–H groups in total. The van der Waals surface area contributed by atoms with Gasteiger partial charge >= 0.3 is 0 Å². The van der Waals surface area contributed by atoms with Gasteiger partial charge in [-0.25, -0.2) is 0 Å². The summed E-state index contributed by atoms with van der Waals surface area (Å²) in [4.78, 5) is 43.4. The first-order valence-electron chi connectivity index (χ1n) is 13.6. The number of fused-ring (bicyclic) bond motifs is 1. The van der Waals surface area contributed by atoms with Crippen molar-refractivity contribution in [2.75, 3.05) is 43.2 Å². The molecule has 10 nitrogen and oxygen atoms in total. The minimum atomic E-state index is -0.981. The summed E-state index contributed by atoms with van der Waals surface area (Å²) < 4.78 is 11.2. The molecule has 2 heterocycles. The van der Waals surface area contributed by atoms with Crippen LogP contribution in [0.3, 0.4) is 0 Å². The maximum atomic E-state index is 13.9. The molecule has 10 heteroatoms. The Labute approximate surface area is 223 Å². The highest BCUT2D eigenvalue weighted by Gasteiger charge is 2.51. The predicted molar refractivity (Wildman–Crippen MR) is 141 cm³/mol. The van der Waals surface area contributed by atoms with Gasteiger partial charge in [0.2, 0.25) is 11.8 Å². The molecule has 1 aromatic rings. The van der Waals surface area contributed by atoms with Crippen molar-refractivity contribution in [3.63, 3.8) is 0 Å². The Hall–Kier alpha value is -3.16. The first kappa shape index (κ1) is 26.4. The minimum Gasteiger partial charge on any atom is -0.476 e. The van der Waals surface area contributed by atoms with Crippen molar-refractivity contribution in [1.82, 2.24) is 10.6 Å². The molecule has 2 aliphatic carbocycles. The quantitative estimate of drug-likeness (QED) is 0.475. The van der Waals surface area contributed by atoms with Crippen molar-refractivity contribution in [2.24, 2.45) is 11.3 Å². The number of carbonyl (C=O) groups is 3. The summed E-state index contributed by atoms with van der Waals surface area (Å²) in [5, 5.41) is 15.6. The predicted octanol–water partition coefficient (Wildman–Crippen LogP) is 2.12. The maximum Gasteiger partial charge on any atom is 0.270 e. The highest BCUT2D eigenvalue weighted by molar-refractivity contribution is 6.04. The lowest BCUT2D eigenvalue weighted by molar-refractivity contribution is -0.132. The van der Waals surface area contributed by atoms with Crippen LogP contribution in [0.5, 0.6) is 5.75 Å². The molecule has 3 fully saturated rings. The summed E-state index contributed by atoms with van der Waals surface area (Å²) in [6.07, 6.45) is 4.24. The average Bonchev–Trinajstić information content (AvgIpc) is 3.82. The summed E-state index contributed by atoms with van der Waals surface area (Å²) in [5.74, 6) is -0.0297. The number of ether oxygens (including phenoxy) is 2. The van der Waals surface area contributed by atoms with E-state index in [9.17, 15) is 19.6 Å². The number of nitrogens with zero attached hydrogens (tertiary/aromatic N) is 3. The Morgan fingerprint density at radius 2 is 2.05 bits per heavy atom. The third-order valence-corrected chi connectivity index (χ3v) is 7.95. The Kier molecular flexibility index (Phi) is 7.09. The van der Waals surface area contributed by atoms with Crippen LogP contribution in [0.4, 0.5) is 11.4 Å². The molecule has 2 saturated carbocycles. The highest BCUT2D eigenvalue weighted by atomic mass is 16.5. The van der Waals surface area contributed by atoms with Crippen molar-refractivity contribution < 1.29 is 23.9 Å². The molecule has 0 aromatic heterocycles. The molecule has 0 bridgehead atoms. The number of carbonyl (C=O) groups excluding carboxylic acids is 3. The summed E-state index contributed by atoms with van der Waals surface area (Å²) in [5.41, 5.74) is -0.453. The summed E-state index contributed by atoms with van der Waals surface area (Å²) >= 11 is 0. The van der Waals surface area contributed by atoms with Crippen LogP contribution in [0.1, 0.15) is 52.4 Å². The van der Waals surface area contributed by atoms with Crippen LogP contribution in [-0.4, -0.2) is 68.8 Å². The maximum absolute atomic E-state index is 13.9. The average molecular weight is 524 g/mol. The number of rotatable bonds is 9. The minimum absolute atomic E-state index is 0.00892. The van der Waals surface area contributed by atoms with Gasteiger partial charge in [0.25, 0.3) is 5.91 Å². The standard InChI is InChI=1S/C28H37N5O5/c1-27(2)26(36)32(11-4-12-37-3)22-14-21(7-8-23(22)38-27)33(20-5-6-20)24(34)18-13-19(16-30-15-18)31-25(35)28(17-29)9-10-28/h7-8,14,18-20,30H,4-6,9-13,15-16H2,1-3H3,(H,31,35)/t18-,19?/m1/s1. The lowest BCUT2D eigenvalue weighted by atomic mass is 9.93. The van der Waals surface area contributed by atoms with Gasteiger partial charge in [-0.1, -0.05) is 0 Å². The van der Waals surface area contributed by atoms with Gasteiger partial charge in [-0.15, -0.1) is 0 Å². The first-order chi connectivity index (χ1) is 18.2. The molecule has 204 valence electrons. The Morgan fingerprint density at radius 3 is 2.71 bits per heavy atom.